The third kappa shape index (κ3) is 3.83. The fraction of sp³-hybridized carbons (Fsp3) is 0.304. The van der Waals surface area contributed by atoms with Crippen molar-refractivity contribution < 1.29 is 14.4 Å². The number of hydrogen-bond donors (Lipinski definition) is 1. The van der Waals surface area contributed by atoms with E-state index < -0.39 is 11.9 Å². The van der Waals surface area contributed by atoms with Gasteiger partial charge in [-0.25, -0.2) is 4.98 Å². The van der Waals surface area contributed by atoms with Gasteiger partial charge in [0.05, 0.1) is 6.33 Å². The Balaban J connectivity index is 1.42. The number of aromatic nitrogens is 2. The van der Waals surface area contributed by atoms with E-state index in [4.69, 9.17) is 6.42 Å². The summed E-state index contributed by atoms with van der Waals surface area (Å²) in [5.41, 5.74) is 2.83. The van der Waals surface area contributed by atoms with Gasteiger partial charge in [0.1, 0.15) is 11.7 Å². The average Bonchev–Trinajstić information content (AvgIpc) is 3.33. The number of fused-ring (bicyclic) bond motifs is 1. The summed E-state index contributed by atoms with van der Waals surface area (Å²) in [7, 11) is 0. The van der Waals surface area contributed by atoms with E-state index >= 15 is 0 Å². The second-order valence-electron chi connectivity index (χ2n) is 7.28. The highest BCUT2D eigenvalue weighted by atomic mass is 16.2. The standard InChI is InChI=1S/C23H20N4O3/c1-2-17-13-26(15-24-17)12-5-3-4-7-16-8-6-9-18-19(16)14-27(23(18)30)20-10-11-21(28)25-22(20)29/h1,6,8-9,13,15,20H,3,5,10-12,14H2,(H,25,28,29). The molecule has 7 heteroatoms. The molecule has 0 spiro atoms. The third-order valence-electron chi connectivity index (χ3n) is 5.30. The van der Waals surface area contributed by atoms with Gasteiger partial charge >= 0.3 is 0 Å². The molecule has 1 fully saturated rings. The Morgan fingerprint density at radius 2 is 2.13 bits per heavy atom. The van der Waals surface area contributed by atoms with Gasteiger partial charge in [-0.15, -0.1) is 6.42 Å². The van der Waals surface area contributed by atoms with Crippen LogP contribution in [0.15, 0.2) is 30.7 Å². The molecule has 1 saturated heterocycles. The Hall–Kier alpha value is -3.84. The number of hydrogen-bond acceptors (Lipinski definition) is 4. The minimum atomic E-state index is -0.619. The first-order chi connectivity index (χ1) is 14.6. The van der Waals surface area contributed by atoms with Gasteiger partial charge in [-0.2, -0.15) is 0 Å². The fourth-order valence-corrected chi connectivity index (χ4v) is 3.77. The highest BCUT2D eigenvalue weighted by molar-refractivity contribution is 6.05. The summed E-state index contributed by atoms with van der Waals surface area (Å²) in [6.45, 7) is 1.10. The van der Waals surface area contributed by atoms with Gasteiger partial charge in [0, 0.05) is 43.3 Å². The molecule has 0 saturated carbocycles. The number of nitrogens with one attached hydrogen (secondary N) is 1. The molecule has 0 radical (unpaired) electrons. The van der Waals surface area contributed by atoms with Crippen LogP contribution in [0.2, 0.25) is 0 Å². The number of imidazole rings is 1. The van der Waals surface area contributed by atoms with Crippen molar-refractivity contribution in [1.82, 2.24) is 19.8 Å². The Labute approximate surface area is 174 Å². The lowest BCUT2D eigenvalue weighted by Crippen LogP contribution is -2.52. The molecular formula is C23H20N4O3. The number of piperidine rings is 1. The summed E-state index contributed by atoms with van der Waals surface area (Å²) in [6.07, 6.45) is 11.0. The van der Waals surface area contributed by atoms with E-state index in [1.165, 1.54) is 0 Å². The molecule has 30 heavy (non-hydrogen) atoms. The Bertz CT molecular complexity index is 1130. The highest BCUT2D eigenvalue weighted by Gasteiger charge is 2.39. The highest BCUT2D eigenvalue weighted by Crippen LogP contribution is 2.29. The predicted octanol–water partition coefficient (Wildman–Crippen LogP) is 1.46. The first kappa shape index (κ1) is 19.5. The first-order valence-electron chi connectivity index (χ1n) is 9.80. The molecule has 3 heterocycles. The van der Waals surface area contributed by atoms with Gasteiger partial charge in [-0.05, 0) is 36.5 Å². The van der Waals surface area contributed by atoms with Crippen molar-refractivity contribution in [1.29, 1.82) is 0 Å². The van der Waals surface area contributed by atoms with Crippen molar-refractivity contribution in [3.63, 3.8) is 0 Å². The van der Waals surface area contributed by atoms with E-state index in [0.29, 0.717) is 30.6 Å². The lowest BCUT2D eigenvalue weighted by molar-refractivity contribution is -0.136. The second kappa shape index (κ2) is 8.26. The predicted molar refractivity (Wildman–Crippen MR) is 109 cm³/mol. The minimum absolute atomic E-state index is 0.187. The van der Waals surface area contributed by atoms with Crippen molar-refractivity contribution >= 4 is 17.7 Å². The lowest BCUT2D eigenvalue weighted by Gasteiger charge is -2.29. The van der Waals surface area contributed by atoms with Gasteiger partial charge in [0.2, 0.25) is 11.8 Å². The van der Waals surface area contributed by atoms with Crippen molar-refractivity contribution in [2.45, 2.75) is 44.8 Å². The molecule has 150 valence electrons. The molecule has 2 aliphatic rings. The van der Waals surface area contributed by atoms with Crippen LogP contribution in [0.4, 0.5) is 0 Å². The number of nitrogens with zero attached hydrogens (tertiary/aromatic N) is 3. The van der Waals surface area contributed by atoms with Gasteiger partial charge in [0.25, 0.3) is 5.91 Å². The molecule has 2 aromatic rings. The van der Waals surface area contributed by atoms with Crippen LogP contribution in [-0.4, -0.2) is 38.2 Å². The van der Waals surface area contributed by atoms with Crippen LogP contribution >= 0.6 is 0 Å². The number of carbonyl (C=O) groups is 3. The zero-order valence-electron chi connectivity index (χ0n) is 16.4. The summed E-state index contributed by atoms with van der Waals surface area (Å²) < 4.78 is 1.94. The molecule has 1 atom stereocenters. The lowest BCUT2D eigenvalue weighted by atomic mass is 10.0. The Morgan fingerprint density at radius 1 is 1.27 bits per heavy atom. The topological polar surface area (TPSA) is 84.3 Å². The maximum atomic E-state index is 12.8. The van der Waals surface area contributed by atoms with Crippen LogP contribution in [0.1, 0.15) is 52.9 Å². The molecule has 1 N–H and O–H groups in total. The summed E-state index contributed by atoms with van der Waals surface area (Å²) >= 11 is 0. The van der Waals surface area contributed by atoms with Crippen LogP contribution < -0.4 is 5.32 Å². The third-order valence-corrected chi connectivity index (χ3v) is 5.30. The van der Waals surface area contributed by atoms with Crippen LogP contribution in [0.3, 0.4) is 0 Å². The molecule has 1 aromatic heterocycles. The number of terminal acetylenes is 1. The van der Waals surface area contributed by atoms with Crippen molar-refractivity contribution in [2.75, 3.05) is 0 Å². The average molecular weight is 400 g/mol. The summed E-state index contributed by atoms with van der Waals surface area (Å²) in [4.78, 5) is 42.0. The van der Waals surface area contributed by atoms with Crippen LogP contribution in [0, 0.1) is 24.2 Å². The summed E-state index contributed by atoms with van der Waals surface area (Å²) in [5.74, 6) is 7.94. The van der Waals surface area contributed by atoms with Crippen molar-refractivity contribution in [3.05, 3.63) is 53.1 Å². The zero-order valence-corrected chi connectivity index (χ0v) is 16.4. The van der Waals surface area contributed by atoms with Crippen LogP contribution in [-0.2, 0) is 22.7 Å². The maximum absolute atomic E-state index is 12.8. The molecule has 7 nitrogen and oxygen atoms in total. The Kier molecular flexibility index (Phi) is 5.36. The van der Waals surface area contributed by atoms with E-state index in [2.05, 4.69) is 28.1 Å². The summed E-state index contributed by atoms with van der Waals surface area (Å²) in [5, 5.41) is 2.32. The van der Waals surface area contributed by atoms with E-state index in [9.17, 15) is 14.4 Å². The first-order valence-corrected chi connectivity index (χ1v) is 9.80. The van der Waals surface area contributed by atoms with Gasteiger partial charge in [-0.3, -0.25) is 19.7 Å². The molecule has 0 aliphatic carbocycles. The number of unbranched alkanes of at least 4 members (excludes halogenated alkanes) is 1. The van der Waals surface area contributed by atoms with E-state index in [1.807, 2.05) is 22.9 Å². The van der Waals surface area contributed by atoms with E-state index in [1.54, 1.807) is 17.3 Å². The zero-order chi connectivity index (χ0) is 21.1. The SMILES string of the molecule is C#Cc1cn(CCCC#Cc2cccc3c2CN(C2CCC(=O)NC2=O)C3=O)cn1. The number of carbonyl (C=O) groups excluding carboxylic acids is 3. The molecular weight excluding hydrogens is 380 g/mol. The number of rotatable bonds is 4. The van der Waals surface area contributed by atoms with Crippen molar-refractivity contribution in [3.8, 4) is 24.2 Å². The molecule has 4 rings (SSSR count). The van der Waals surface area contributed by atoms with Gasteiger partial charge in [-0.1, -0.05) is 17.9 Å². The smallest absolute Gasteiger partial charge is 0.255 e. The van der Waals surface area contributed by atoms with E-state index in [0.717, 1.165) is 24.1 Å². The van der Waals surface area contributed by atoms with Gasteiger partial charge < -0.3 is 9.47 Å². The number of amides is 3. The normalized spacial score (nSPS) is 17.8. The number of imide groups is 1. The van der Waals surface area contributed by atoms with E-state index in [-0.39, 0.29) is 18.2 Å². The Morgan fingerprint density at radius 3 is 2.90 bits per heavy atom. The molecule has 3 amide bonds. The molecule has 1 aromatic carbocycles. The molecule has 2 aliphatic heterocycles. The monoisotopic (exact) mass is 400 g/mol. The number of benzene rings is 1. The maximum Gasteiger partial charge on any atom is 0.255 e. The van der Waals surface area contributed by atoms with Crippen molar-refractivity contribution in [2.24, 2.45) is 0 Å². The van der Waals surface area contributed by atoms with Crippen LogP contribution in [0.25, 0.3) is 0 Å². The largest absolute Gasteiger partial charge is 0.336 e. The number of aryl methyl sites for hydroxylation is 1. The summed E-state index contributed by atoms with van der Waals surface area (Å²) in [6, 6.07) is 4.84. The van der Waals surface area contributed by atoms with Gasteiger partial charge in [0.15, 0.2) is 0 Å². The second-order valence-corrected chi connectivity index (χ2v) is 7.28. The van der Waals surface area contributed by atoms with Crippen LogP contribution in [0.5, 0.6) is 0 Å². The molecule has 1 unspecified atom stereocenters. The quantitative estimate of drug-likeness (QED) is 0.478. The molecule has 0 bridgehead atoms. The fourth-order valence-electron chi connectivity index (χ4n) is 3.77. The minimum Gasteiger partial charge on any atom is -0.336 e.